The molecule has 0 radical (unpaired) electrons. The van der Waals surface area contributed by atoms with Crippen molar-refractivity contribution in [2.75, 3.05) is 29.5 Å². The first kappa shape index (κ1) is 16.1. The number of benzene rings is 1. The Kier molecular flexibility index (Phi) is 5.02. The summed E-state index contributed by atoms with van der Waals surface area (Å²) in [4.78, 5) is 23.0. The van der Waals surface area contributed by atoms with Crippen LogP contribution in [0.15, 0.2) is 18.2 Å². The first-order valence-corrected chi connectivity index (χ1v) is 8.49. The lowest BCUT2D eigenvalue weighted by Gasteiger charge is -2.14. The molecule has 0 aliphatic carbocycles. The molecule has 3 rings (SSSR count). The van der Waals surface area contributed by atoms with Crippen molar-refractivity contribution >= 4 is 34.3 Å². The summed E-state index contributed by atoms with van der Waals surface area (Å²) in [6.45, 7) is 1.32. The van der Waals surface area contributed by atoms with Gasteiger partial charge in [-0.2, -0.15) is 0 Å². The van der Waals surface area contributed by atoms with Crippen LogP contribution >= 0.6 is 11.8 Å². The molecule has 0 aromatic heterocycles. The number of halogens is 1. The average Bonchev–Trinajstić information content (AvgIpc) is 3.18. The highest BCUT2D eigenvalue weighted by molar-refractivity contribution is 8.14. The third-order valence-corrected chi connectivity index (χ3v) is 4.65. The van der Waals surface area contributed by atoms with Gasteiger partial charge in [-0.15, -0.1) is 0 Å². The van der Waals surface area contributed by atoms with Crippen LogP contribution < -0.4 is 16.0 Å². The number of anilines is 2. The van der Waals surface area contributed by atoms with Crippen LogP contribution in [-0.4, -0.2) is 42.2 Å². The van der Waals surface area contributed by atoms with E-state index in [2.05, 4.69) is 16.0 Å². The second-order valence-electron chi connectivity index (χ2n) is 5.50. The highest BCUT2D eigenvalue weighted by Crippen LogP contribution is 2.21. The predicted molar refractivity (Wildman–Crippen MR) is 87.3 cm³/mol. The minimum absolute atomic E-state index is 0.122. The summed E-state index contributed by atoms with van der Waals surface area (Å²) in [6.07, 6.45) is 2.14. The molecule has 0 spiro atoms. The monoisotopic (exact) mass is 339 g/mol. The highest BCUT2D eigenvalue weighted by Gasteiger charge is 2.28. The fourth-order valence-electron chi connectivity index (χ4n) is 2.52. The first-order valence-electron chi connectivity index (χ1n) is 7.51. The number of rotatable bonds is 5. The van der Waals surface area contributed by atoms with Crippen molar-refractivity contribution in [2.45, 2.75) is 25.0 Å². The quantitative estimate of drug-likeness (QED) is 0.766. The second-order valence-corrected chi connectivity index (χ2v) is 6.49. The molecular weight excluding hydrogens is 321 g/mol. The molecule has 1 aromatic carbocycles. The zero-order chi connectivity index (χ0) is 16.2. The normalized spacial score (nSPS) is 23.6. The number of carbonyl (C=O) groups is 2. The smallest absolute Gasteiger partial charge is 0.279 e. The van der Waals surface area contributed by atoms with E-state index in [-0.39, 0.29) is 17.3 Å². The topological polar surface area (TPSA) is 79.5 Å². The number of carbonyl (C=O) groups excluding carboxylic acids is 2. The van der Waals surface area contributed by atoms with Gasteiger partial charge in [-0.3, -0.25) is 9.59 Å². The van der Waals surface area contributed by atoms with Crippen molar-refractivity contribution in [2.24, 2.45) is 0 Å². The Hall–Kier alpha value is -1.80. The Bertz CT molecular complexity index is 608. The fourth-order valence-corrected chi connectivity index (χ4v) is 3.30. The van der Waals surface area contributed by atoms with E-state index in [4.69, 9.17) is 4.74 Å². The van der Waals surface area contributed by atoms with Gasteiger partial charge in [-0.1, -0.05) is 11.8 Å². The Labute approximate surface area is 137 Å². The minimum Gasteiger partial charge on any atom is -0.380 e. The maximum absolute atomic E-state index is 14.1. The van der Waals surface area contributed by atoms with Crippen molar-refractivity contribution in [3.8, 4) is 0 Å². The van der Waals surface area contributed by atoms with E-state index in [0.29, 0.717) is 23.7 Å². The Morgan fingerprint density at radius 1 is 1.48 bits per heavy atom. The summed E-state index contributed by atoms with van der Waals surface area (Å²) >= 11 is 1.06. The molecule has 2 aliphatic heterocycles. The van der Waals surface area contributed by atoms with Gasteiger partial charge in [0.25, 0.3) is 5.24 Å². The molecule has 124 valence electrons. The molecule has 8 heteroatoms. The maximum atomic E-state index is 14.1. The van der Waals surface area contributed by atoms with Crippen molar-refractivity contribution in [1.82, 2.24) is 5.32 Å². The third-order valence-electron chi connectivity index (χ3n) is 3.77. The molecule has 2 fully saturated rings. The zero-order valence-electron chi connectivity index (χ0n) is 12.4. The number of thioether (sulfide) groups is 1. The molecule has 2 atom stereocenters. The lowest BCUT2D eigenvalue weighted by molar-refractivity contribution is -0.117. The summed E-state index contributed by atoms with van der Waals surface area (Å²) < 4.78 is 19.6. The largest absolute Gasteiger partial charge is 0.380 e. The SMILES string of the molecule is O=C1N[C@@H](C(=O)Nc2ccc(NC[C@@H]3CCCO3)c(F)c2)CS1. The van der Waals surface area contributed by atoms with Crippen LogP contribution in [0.2, 0.25) is 0 Å². The van der Waals surface area contributed by atoms with E-state index in [0.717, 1.165) is 31.2 Å². The minimum atomic E-state index is -0.576. The van der Waals surface area contributed by atoms with Gasteiger partial charge in [0.1, 0.15) is 11.9 Å². The molecule has 0 unspecified atom stereocenters. The summed E-state index contributed by atoms with van der Waals surface area (Å²) in [5, 5.41) is 7.96. The van der Waals surface area contributed by atoms with Gasteiger partial charge in [-0.25, -0.2) is 4.39 Å². The van der Waals surface area contributed by atoms with Gasteiger partial charge in [0, 0.05) is 24.6 Å². The lowest BCUT2D eigenvalue weighted by Crippen LogP contribution is -2.38. The maximum Gasteiger partial charge on any atom is 0.279 e. The van der Waals surface area contributed by atoms with E-state index in [1.807, 2.05) is 0 Å². The standard InChI is InChI=1S/C15H18FN3O3S/c16-11-6-9(18-14(20)13-8-23-15(21)19-13)3-4-12(11)17-7-10-2-1-5-22-10/h3-4,6,10,13,17H,1-2,5,7-8H2,(H,18,20)(H,19,21)/t10-,13+/m0/s1. The molecule has 0 saturated carbocycles. The number of hydrogen-bond donors (Lipinski definition) is 3. The third kappa shape index (κ3) is 4.14. The molecule has 6 nitrogen and oxygen atoms in total. The van der Waals surface area contributed by atoms with Crippen LogP contribution in [-0.2, 0) is 9.53 Å². The van der Waals surface area contributed by atoms with Crippen molar-refractivity contribution < 1.29 is 18.7 Å². The van der Waals surface area contributed by atoms with Gasteiger partial charge in [0.05, 0.1) is 11.8 Å². The average molecular weight is 339 g/mol. The van der Waals surface area contributed by atoms with E-state index in [1.165, 1.54) is 6.07 Å². The van der Waals surface area contributed by atoms with Gasteiger partial charge >= 0.3 is 0 Å². The Morgan fingerprint density at radius 3 is 3.00 bits per heavy atom. The van der Waals surface area contributed by atoms with Crippen LogP contribution in [0.3, 0.4) is 0 Å². The van der Waals surface area contributed by atoms with Crippen LogP contribution in [0.1, 0.15) is 12.8 Å². The van der Waals surface area contributed by atoms with E-state index >= 15 is 0 Å². The van der Waals surface area contributed by atoms with Crippen LogP contribution in [0, 0.1) is 5.82 Å². The van der Waals surface area contributed by atoms with E-state index in [1.54, 1.807) is 12.1 Å². The van der Waals surface area contributed by atoms with Gasteiger partial charge < -0.3 is 20.7 Å². The summed E-state index contributed by atoms with van der Waals surface area (Å²) in [6, 6.07) is 3.90. The van der Waals surface area contributed by atoms with E-state index < -0.39 is 11.9 Å². The number of amides is 2. The van der Waals surface area contributed by atoms with Crippen LogP contribution in [0.5, 0.6) is 0 Å². The van der Waals surface area contributed by atoms with Crippen molar-refractivity contribution in [1.29, 1.82) is 0 Å². The van der Waals surface area contributed by atoms with Crippen molar-refractivity contribution in [3.63, 3.8) is 0 Å². The molecule has 2 amide bonds. The number of nitrogens with one attached hydrogen (secondary N) is 3. The Morgan fingerprint density at radius 2 is 2.35 bits per heavy atom. The van der Waals surface area contributed by atoms with Crippen molar-refractivity contribution in [3.05, 3.63) is 24.0 Å². The summed E-state index contributed by atoms with van der Waals surface area (Å²) in [5.41, 5.74) is 0.740. The molecule has 23 heavy (non-hydrogen) atoms. The highest BCUT2D eigenvalue weighted by atomic mass is 32.2. The molecule has 2 saturated heterocycles. The zero-order valence-corrected chi connectivity index (χ0v) is 13.2. The van der Waals surface area contributed by atoms with Crippen LogP contribution in [0.4, 0.5) is 20.6 Å². The van der Waals surface area contributed by atoms with Crippen LogP contribution in [0.25, 0.3) is 0 Å². The van der Waals surface area contributed by atoms with Gasteiger partial charge in [0.2, 0.25) is 5.91 Å². The molecule has 3 N–H and O–H groups in total. The Balaban J connectivity index is 1.55. The lowest BCUT2D eigenvalue weighted by atomic mass is 10.2. The number of ether oxygens (including phenoxy) is 1. The van der Waals surface area contributed by atoms with Gasteiger partial charge in [0.15, 0.2) is 0 Å². The van der Waals surface area contributed by atoms with Gasteiger partial charge in [-0.05, 0) is 31.0 Å². The molecule has 1 aromatic rings. The molecule has 2 aliphatic rings. The first-order chi connectivity index (χ1) is 11.1. The molecule has 0 bridgehead atoms. The summed E-state index contributed by atoms with van der Waals surface area (Å²) in [5.74, 6) is -0.401. The number of hydrogen-bond acceptors (Lipinski definition) is 5. The molecular formula is C15H18FN3O3S. The summed E-state index contributed by atoms with van der Waals surface area (Å²) in [7, 11) is 0. The predicted octanol–water partition coefficient (Wildman–Crippen LogP) is 2.18. The second kappa shape index (κ2) is 7.18. The fraction of sp³-hybridized carbons (Fsp3) is 0.467. The van der Waals surface area contributed by atoms with E-state index in [9.17, 15) is 14.0 Å². The molecule has 2 heterocycles.